The predicted molar refractivity (Wildman–Crippen MR) is 38.5 cm³/mol. The zero-order chi connectivity index (χ0) is 9.35. The number of nitrogens with zero attached hydrogens (tertiary/aromatic N) is 1. The molecule has 0 aromatic carbocycles. The van der Waals surface area contributed by atoms with Gasteiger partial charge in [-0.15, -0.1) is 11.3 Å². The molecule has 2 nitrogen and oxygen atoms in total. The van der Waals surface area contributed by atoms with E-state index < -0.39 is 12.3 Å². The van der Waals surface area contributed by atoms with Crippen LogP contribution in [0.3, 0.4) is 0 Å². The summed E-state index contributed by atoms with van der Waals surface area (Å²) in [5, 5.41) is 8.66. The minimum absolute atomic E-state index is 0.00769. The lowest BCUT2D eigenvalue weighted by Crippen LogP contribution is -2.19. The first-order valence-electron chi connectivity index (χ1n) is 2.87. The van der Waals surface area contributed by atoms with Gasteiger partial charge in [-0.1, -0.05) is 0 Å². The van der Waals surface area contributed by atoms with Gasteiger partial charge in [0, 0.05) is 11.1 Å². The molecule has 0 spiro atoms. The first-order chi connectivity index (χ1) is 5.41. The summed E-state index contributed by atoms with van der Waals surface area (Å²) in [5.41, 5.74) is 0. The van der Waals surface area contributed by atoms with Gasteiger partial charge in [-0.3, -0.25) is 4.98 Å². The Morgan fingerprint density at radius 2 is 2.17 bits per heavy atom. The predicted octanol–water partition coefficient (Wildman–Crippen LogP) is 0.533. The van der Waals surface area contributed by atoms with E-state index in [2.05, 4.69) is 4.98 Å². The Morgan fingerprint density at radius 3 is 2.50 bits per heavy atom. The maximum Gasteiger partial charge on any atom is 0.419 e. The van der Waals surface area contributed by atoms with Crippen molar-refractivity contribution in [2.75, 3.05) is 0 Å². The number of aliphatic hydroxyl groups excluding tert-OH is 1. The minimum atomic E-state index is -4.65. The molecule has 1 rings (SSSR count). The average molecular weight is 193 g/mol. The Hall–Kier alpha value is -0.555. The molecule has 1 unspecified atom stereocenters. The fourth-order valence-corrected chi connectivity index (χ4v) is 1.29. The monoisotopic (exact) mass is 193 g/mol. The summed E-state index contributed by atoms with van der Waals surface area (Å²) in [6.45, 7) is 0. The number of alkyl halides is 3. The van der Waals surface area contributed by atoms with E-state index in [1.807, 2.05) is 0 Å². The molecular formula is C5H3BF3NOS. The highest BCUT2D eigenvalue weighted by Crippen LogP contribution is 2.33. The Balaban J connectivity index is 2.85. The summed E-state index contributed by atoms with van der Waals surface area (Å²) in [7, 11) is 5.09. The average Bonchev–Trinajstić information content (AvgIpc) is 2.32. The van der Waals surface area contributed by atoms with Gasteiger partial charge in [0.05, 0.1) is 4.88 Å². The molecule has 0 aliphatic carbocycles. The van der Waals surface area contributed by atoms with Crippen LogP contribution in [-0.4, -0.2) is 24.1 Å². The van der Waals surface area contributed by atoms with Crippen LogP contribution in [0, 0.1) is 0 Å². The Morgan fingerprint density at radius 1 is 1.58 bits per heavy atom. The van der Waals surface area contributed by atoms with Crippen LogP contribution in [0.1, 0.15) is 11.0 Å². The lowest BCUT2D eigenvalue weighted by Gasteiger charge is -2.11. The minimum Gasteiger partial charge on any atom is -0.379 e. The maximum atomic E-state index is 11.8. The number of halogens is 3. The molecule has 1 atom stereocenters. The van der Waals surface area contributed by atoms with Gasteiger partial charge >= 0.3 is 6.18 Å². The van der Waals surface area contributed by atoms with E-state index >= 15 is 0 Å². The summed E-state index contributed by atoms with van der Waals surface area (Å²) >= 11 is 0.619. The smallest absolute Gasteiger partial charge is 0.379 e. The molecule has 0 aliphatic rings. The molecule has 0 saturated heterocycles. The third-order valence-corrected chi connectivity index (χ3v) is 2.00. The lowest BCUT2D eigenvalue weighted by atomic mass is 10.2. The van der Waals surface area contributed by atoms with Crippen LogP contribution in [0.5, 0.6) is 0 Å². The molecule has 0 saturated carbocycles. The van der Waals surface area contributed by atoms with Crippen molar-refractivity contribution in [2.24, 2.45) is 0 Å². The molecule has 0 amide bonds. The fraction of sp³-hybridized carbons (Fsp3) is 0.400. The van der Waals surface area contributed by atoms with Crippen molar-refractivity contribution < 1.29 is 18.3 Å². The Kier molecular flexibility index (Phi) is 2.43. The molecule has 1 aromatic heterocycles. The van der Waals surface area contributed by atoms with Crippen molar-refractivity contribution in [3.8, 4) is 0 Å². The second kappa shape index (κ2) is 3.06. The van der Waals surface area contributed by atoms with Crippen molar-refractivity contribution in [3.05, 3.63) is 11.1 Å². The van der Waals surface area contributed by atoms with Gasteiger partial charge in [0.1, 0.15) is 0 Å². The summed E-state index contributed by atoms with van der Waals surface area (Å²) in [6.07, 6.45) is -6.22. The first-order valence-corrected chi connectivity index (χ1v) is 3.69. The molecule has 0 fully saturated rings. The number of hydrogen-bond donors (Lipinski definition) is 1. The number of aromatic nitrogens is 1. The highest BCUT2D eigenvalue weighted by Gasteiger charge is 2.40. The molecular weight excluding hydrogens is 190 g/mol. The number of hydrogen-bond acceptors (Lipinski definition) is 3. The molecule has 2 radical (unpaired) electrons. The normalized spacial score (nSPS) is 14.7. The third kappa shape index (κ3) is 1.98. The van der Waals surface area contributed by atoms with E-state index in [-0.39, 0.29) is 9.78 Å². The maximum absolute atomic E-state index is 11.8. The summed E-state index contributed by atoms with van der Waals surface area (Å²) < 4.78 is 35.5. The van der Waals surface area contributed by atoms with Crippen molar-refractivity contribution in [2.45, 2.75) is 12.3 Å². The molecule has 0 aliphatic heterocycles. The third-order valence-electron chi connectivity index (χ3n) is 1.12. The topological polar surface area (TPSA) is 33.1 Å². The van der Waals surface area contributed by atoms with Crippen LogP contribution in [-0.2, 0) is 0 Å². The van der Waals surface area contributed by atoms with Crippen molar-refractivity contribution in [1.29, 1.82) is 0 Å². The van der Waals surface area contributed by atoms with Crippen LogP contribution in [0.15, 0.2) is 6.20 Å². The van der Waals surface area contributed by atoms with Crippen LogP contribution in [0.25, 0.3) is 0 Å². The zero-order valence-corrected chi connectivity index (χ0v) is 6.49. The van der Waals surface area contributed by atoms with Crippen molar-refractivity contribution in [3.63, 3.8) is 0 Å². The molecule has 1 aromatic rings. The van der Waals surface area contributed by atoms with Gasteiger partial charge in [0.2, 0.25) is 0 Å². The largest absolute Gasteiger partial charge is 0.419 e. The van der Waals surface area contributed by atoms with Gasteiger partial charge in [0.25, 0.3) is 0 Å². The van der Waals surface area contributed by atoms with Crippen LogP contribution in [0.4, 0.5) is 13.2 Å². The zero-order valence-electron chi connectivity index (χ0n) is 5.67. The van der Waals surface area contributed by atoms with Crippen LogP contribution >= 0.6 is 11.3 Å². The van der Waals surface area contributed by atoms with E-state index in [4.69, 9.17) is 13.0 Å². The quantitative estimate of drug-likeness (QED) is 0.660. The summed E-state index contributed by atoms with van der Waals surface area (Å²) in [5.74, 6) is 0. The van der Waals surface area contributed by atoms with Gasteiger partial charge in [-0.25, -0.2) is 0 Å². The van der Waals surface area contributed by atoms with Crippen LogP contribution < -0.4 is 4.91 Å². The summed E-state index contributed by atoms with van der Waals surface area (Å²) in [4.78, 5) is 3.10. The summed E-state index contributed by atoms with van der Waals surface area (Å²) in [6, 6.07) is 0. The van der Waals surface area contributed by atoms with Gasteiger partial charge < -0.3 is 5.11 Å². The van der Waals surface area contributed by atoms with E-state index in [0.29, 0.717) is 11.3 Å². The van der Waals surface area contributed by atoms with Crippen molar-refractivity contribution in [1.82, 2.24) is 4.98 Å². The van der Waals surface area contributed by atoms with Gasteiger partial charge in [0.15, 0.2) is 14.0 Å². The second-order valence-electron chi connectivity index (χ2n) is 2.05. The molecule has 7 heteroatoms. The van der Waals surface area contributed by atoms with Crippen molar-refractivity contribution >= 4 is 24.1 Å². The van der Waals surface area contributed by atoms with E-state index in [9.17, 15) is 13.2 Å². The highest BCUT2D eigenvalue weighted by atomic mass is 32.1. The molecule has 0 bridgehead atoms. The molecule has 1 N–H and O–H groups in total. The SMILES string of the molecule is [B]c1ncc(C(O)C(F)(F)F)s1. The lowest BCUT2D eigenvalue weighted by molar-refractivity contribution is -0.205. The van der Waals surface area contributed by atoms with E-state index in [0.717, 1.165) is 6.20 Å². The Bertz CT molecular complexity index is 274. The standard InChI is InChI=1S/C5H3BF3NOS/c6-4-10-1-2(12-4)3(11)5(7,8)9/h1,3,11H. The van der Waals surface area contributed by atoms with Gasteiger partial charge in [-0.2, -0.15) is 13.2 Å². The molecule has 1 heterocycles. The van der Waals surface area contributed by atoms with E-state index in [1.54, 1.807) is 0 Å². The van der Waals surface area contributed by atoms with Crippen LogP contribution in [0.2, 0.25) is 0 Å². The first kappa shape index (κ1) is 9.53. The number of thiazole rings is 1. The fourth-order valence-electron chi connectivity index (χ4n) is 0.588. The molecule has 64 valence electrons. The molecule has 12 heavy (non-hydrogen) atoms. The van der Waals surface area contributed by atoms with Gasteiger partial charge in [-0.05, 0) is 0 Å². The number of rotatable bonds is 1. The van der Waals surface area contributed by atoms with E-state index in [1.165, 1.54) is 0 Å². The number of aliphatic hydroxyl groups is 1. The Labute approximate surface area is 71.5 Å². The highest BCUT2D eigenvalue weighted by molar-refractivity contribution is 7.19. The second-order valence-corrected chi connectivity index (χ2v) is 3.14.